The van der Waals surface area contributed by atoms with Crippen LogP contribution in [0.4, 0.5) is 14.5 Å². The van der Waals surface area contributed by atoms with Gasteiger partial charge in [-0.05, 0) is 18.9 Å². The fourth-order valence-corrected chi connectivity index (χ4v) is 2.60. The van der Waals surface area contributed by atoms with Crippen LogP contribution in [0, 0.1) is 11.6 Å². The number of nitrogens with two attached hydrogens (primary N) is 1. The van der Waals surface area contributed by atoms with E-state index in [4.69, 9.17) is 10.3 Å². The van der Waals surface area contributed by atoms with E-state index in [2.05, 4.69) is 10.1 Å². The molecule has 106 valence electrons. The highest BCUT2D eigenvalue weighted by Crippen LogP contribution is 2.33. The summed E-state index contributed by atoms with van der Waals surface area (Å²) in [5.41, 5.74) is 5.35. The summed E-state index contributed by atoms with van der Waals surface area (Å²) in [6.07, 6.45) is 5.56. The molecule has 1 saturated carbocycles. The second-order valence-electron chi connectivity index (χ2n) is 5.15. The first kappa shape index (κ1) is 13.0. The van der Waals surface area contributed by atoms with Gasteiger partial charge in [-0.25, -0.2) is 8.78 Å². The van der Waals surface area contributed by atoms with Gasteiger partial charge in [-0.3, -0.25) is 0 Å². The predicted molar refractivity (Wildman–Crippen MR) is 69.9 cm³/mol. The summed E-state index contributed by atoms with van der Waals surface area (Å²) in [6.45, 7) is 0. The van der Waals surface area contributed by atoms with Crippen LogP contribution in [0.1, 0.15) is 43.8 Å². The van der Waals surface area contributed by atoms with E-state index in [9.17, 15) is 8.78 Å². The van der Waals surface area contributed by atoms with Crippen molar-refractivity contribution < 1.29 is 13.3 Å². The third-order valence-corrected chi connectivity index (χ3v) is 3.73. The van der Waals surface area contributed by atoms with Crippen LogP contribution in [0.5, 0.6) is 0 Å². The molecule has 6 heteroatoms. The molecule has 1 heterocycles. The lowest BCUT2D eigenvalue weighted by atomic mass is 9.89. The van der Waals surface area contributed by atoms with Crippen LogP contribution in [-0.2, 0) is 0 Å². The molecular formula is C14H15F2N3O. The first-order chi connectivity index (χ1) is 9.65. The molecule has 0 bridgehead atoms. The number of hydrogen-bond acceptors (Lipinski definition) is 4. The number of benzene rings is 1. The Morgan fingerprint density at radius 3 is 2.60 bits per heavy atom. The summed E-state index contributed by atoms with van der Waals surface area (Å²) in [6, 6.07) is 1.91. The van der Waals surface area contributed by atoms with Crippen LogP contribution in [0.15, 0.2) is 16.7 Å². The molecule has 20 heavy (non-hydrogen) atoms. The Bertz CT molecular complexity index is 621. The Labute approximate surface area is 115 Å². The lowest BCUT2D eigenvalue weighted by molar-refractivity contribution is 0.384. The highest BCUT2D eigenvalue weighted by molar-refractivity contribution is 5.61. The van der Waals surface area contributed by atoms with Crippen LogP contribution in [0.2, 0.25) is 0 Å². The average molecular weight is 279 g/mol. The molecule has 2 aromatic rings. The van der Waals surface area contributed by atoms with Crippen molar-refractivity contribution >= 4 is 5.69 Å². The minimum atomic E-state index is -0.793. The number of rotatable bonds is 2. The smallest absolute Gasteiger partial charge is 0.260 e. The Kier molecular flexibility index (Phi) is 3.38. The van der Waals surface area contributed by atoms with Crippen molar-refractivity contribution in [2.75, 3.05) is 5.73 Å². The molecule has 1 aromatic carbocycles. The first-order valence-corrected chi connectivity index (χ1v) is 6.73. The van der Waals surface area contributed by atoms with Gasteiger partial charge in [0.15, 0.2) is 5.82 Å². The van der Waals surface area contributed by atoms with E-state index in [1.807, 2.05) is 0 Å². The molecule has 0 radical (unpaired) electrons. The second-order valence-corrected chi connectivity index (χ2v) is 5.15. The van der Waals surface area contributed by atoms with Gasteiger partial charge in [-0.15, -0.1) is 0 Å². The van der Waals surface area contributed by atoms with Gasteiger partial charge < -0.3 is 10.3 Å². The van der Waals surface area contributed by atoms with Gasteiger partial charge in [0, 0.05) is 12.0 Å². The summed E-state index contributed by atoms with van der Waals surface area (Å²) in [4.78, 5) is 4.24. The second kappa shape index (κ2) is 5.19. The average Bonchev–Trinajstić information content (AvgIpc) is 2.93. The van der Waals surface area contributed by atoms with Crippen molar-refractivity contribution in [3.63, 3.8) is 0 Å². The number of hydrogen-bond donors (Lipinski definition) is 1. The Hall–Kier alpha value is -1.98. The zero-order chi connectivity index (χ0) is 14.1. The molecule has 0 saturated heterocycles. The van der Waals surface area contributed by atoms with Gasteiger partial charge >= 0.3 is 0 Å². The van der Waals surface area contributed by atoms with Crippen molar-refractivity contribution in [1.29, 1.82) is 0 Å². The summed E-state index contributed by atoms with van der Waals surface area (Å²) in [5.74, 6) is -0.632. The molecule has 0 amide bonds. The number of halogens is 2. The summed E-state index contributed by atoms with van der Waals surface area (Å²) < 4.78 is 32.0. The van der Waals surface area contributed by atoms with E-state index in [-0.39, 0.29) is 23.1 Å². The van der Waals surface area contributed by atoms with Crippen molar-refractivity contribution in [2.24, 2.45) is 0 Å². The van der Waals surface area contributed by atoms with Crippen molar-refractivity contribution in [3.05, 3.63) is 29.6 Å². The highest BCUT2D eigenvalue weighted by atomic mass is 19.1. The number of anilines is 1. The van der Waals surface area contributed by atoms with Crippen molar-refractivity contribution in [1.82, 2.24) is 10.1 Å². The van der Waals surface area contributed by atoms with Crippen molar-refractivity contribution in [2.45, 2.75) is 38.0 Å². The van der Waals surface area contributed by atoms with Crippen LogP contribution < -0.4 is 5.73 Å². The number of nitrogens with zero attached hydrogens (tertiary/aromatic N) is 2. The zero-order valence-electron chi connectivity index (χ0n) is 10.9. The summed E-state index contributed by atoms with van der Waals surface area (Å²) in [7, 11) is 0. The van der Waals surface area contributed by atoms with Gasteiger partial charge in [0.2, 0.25) is 0 Å². The molecule has 1 aromatic heterocycles. The van der Waals surface area contributed by atoms with Crippen molar-refractivity contribution in [3.8, 4) is 11.5 Å². The molecule has 1 fully saturated rings. The molecule has 0 spiro atoms. The van der Waals surface area contributed by atoms with E-state index in [0.717, 1.165) is 31.7 Å². The minimum Gasteiger partial charge on any atom is -0.396 e. The quantitative estimate of drug-likeness (QED) is 0.852. The van der Waals surface area contributed by atoms with Gasteiger partial charge in [-0.1, -0.05) is 24.4 Å². The zero-order valence-corrected chi connectivity index (χ0v) is 10.9. The number of nitrogen functional groups attached to an aromatic ring is 1. The lowest BCUT2D eigenvalue weighted by Gasteiger charge is -2.17. The standard InChI is InChI=1S/C14H15F2N3O/c15-10-7-11(16)12(17)6-9(10)14-18-13(19-20-14)8-4-2-1-3-5-8/h6-8H,1-5,17H2. The fraction of sp³-hybridized carbons (Fsp3) is 0.429. The Morgan fingerprint density at radius 1 is 1.10 bits per heavy atom. The van der Waals surface area contributed by atoms with Crippen LogP contribution >= 0.6 is 0 Å². The lowest BCUT2D eigenvalue weighted by Crippen LogP contribution is -2.06. The SMILES string of the molecule is Nc1cc(-c2nc(C3CCCCC3)no2)c(F)cc1F. The minimum absolute atomic E-state index is 0.0402. The maximum absolute atomic E-state index is 13.7. The van der Waals surface area contributed by atoms with Crippen LogP contribution in [-0.4, -0.2) is 10.1 Å². The Balaban J connectivity index is 1.91. The summed E-state index contributed by atoms with van der Waals surface area (Å²) in [5, 5.41) is 3.92. The molecule has 2 N–H and O–H groups in total. The maximum atomic E-state index is 13.7. The molecule has 0 aliphatic heterocycles. The summed E-state index contributed by atoms with van der Waals surface area (Å²) >= 11 is 0. The monoisotopic (exact) mass is 279 g/mol. The van der Waals surface area contributed by atoms with E-state index >= 15 is 0 Å². The van der Waals surface area contributed by atoms with E-state index in [1.54, 1.807) is 0 Å². The molecule has 0 atom stereocenters. The maximum Gasteiger partial charge on any atom is 0.260 e. The molecule has 1 aliphatic carbocycles. The normalized spacial score (nSPS) is 16.5. The number of aromatic nitrogens is 2. The van der Waals surface area contributed by atoms with E-state index in [1.165, 1.54) is 12.5 Å². The predicted octanol–water partition coefficient (Wildman–Crippen LogP) is 3.64. The molecule has 1 aliphatic rings. The van der Waals surface area contributed by atoms with Crippen LogP contribution in [0.3, 0.4) is 0 Å². The Morgan fingerprint density at radius 2 is 1.85 bits per heavy atom. The third kappa shape index (κ3) is 2.37. The first-order valence-electron chi connectivity index (χ1n) is 6.73. The third-order valence-electron chi connectivity index (χ3n) is 3.73. The fourth-order valence-electron chi connectivity index (χ4n) is 2.60. The topological polar surface area (TPSA) is 64.9 Å². The molecule has 0 unspecified atom stereocenters. The van der Waals surface area contributed by atoms with Gasteiger partial charge in [0.25, 0.3) is 5.89 Å². The van der Waals surface area contributed by atoms with Gasteiger partial charge in [-0.2, -0.15) is 4.98 Å². The molecule has 3 rings (SSSR count). The van der Waals surface area contributed by atoms with Crippen LogP contribution in [0.25, 0.3) is 11.5 Å². The van der Waals surface area contributed by atoms with Gasteiger partial charge in [0.05, 0.1) is 11.3 Å². The highest BCUT2D eigenvalue weighted by Gasteiger charge is 2.22. The molecular weight excluding hydrogens is 264 g/mol. The van der Waals surface area contributed by atoms with Gasteiger partial charge in [0.1, 0.15) is 11.6 Å². The molecule has 4 nitrogen and oxygen atoms in total. The van der Waals surface area contributed by atoms with E-state index < -0.39 is 11.6 Å². The largest absolute Gasteiger partial charge is 0.396 e. The van der Waals surface area contributed by atoms with E-state index in [0.29, 0.717) is 5.82 Å².